The molecule has 0 bridgehead atoms. The number of hydrogen-bond donors (Lipinski definition) is 2. The molecule has 0 spiro atoms. The van der Waals surface area contributed by atoms with E-state index in [9.17, 15) is 4.79 Å². The van der Waals surface area contributed by atoms with Gasteiger partial charge in [0.05, 0.1) is 79.3 Å². The Kier molecular flexibility index (Phi) is 22.5. The number of aliphatic hydroxyl groups is 1. The first-order chi connectivity index (χ1) is 13.3. The zero-order chi connectivity index (χ0) is 19.8. The fraction of sp³-hybridized carbons (Fsp3) is 0.944. The summed E-state index contributed by atoms with van der Waals surface area (Å²) in [6.45, 7) is 6.08. The molecule has 2 N–H and O–H groups in total. The number of carboxylic acid groups (broad SMARTS) is 1. The molecular formula is C18H36O9. The van der Waals surface area contributed by atoms with Crippen LogP contribution in [-0.2, 0) is 33.2 Å². The third-order valence-electron chi connectivity index (χ3n) is 3.27. The van der Waals surface area contributed by atoms with Gasteiger partial charge in [0.25, 0.3) is 0 Å². The molecule has 0 fully saturated rings. The Labute approximate surface area is 161 Å². The van der Waals surface area contributed by atoms with E-state index in [-0.39, 0.29) is 13.0 Å². The highest BCUT2D eigenvalue weighted by Gasteiger charge is 1.97. The van der Waals surface area contributed by atoms with E-state index in [0.29, 0.717) is 85.7 Å². The number of ether oxygens (including phenoxy) is 6. The van der Waals surface area contributed by atoms with Gasteiger partial charge in [0.2, 0.25) is 0 Å². The normalized spacial score (nSPS) is 11.1. The smallest absolute Gasteiger partial charge is 0.303 e. The Morgan fingerprint density at radius 2 is 0.889 bits per heavy atom. The molecule has 0 amide bonds. The highest BCUT2D eigenvalue weighted by Crippen LogP contribution is 1.99. The maximum atomic E-state index is 10.3. The van der Waals surface area contributed by atoms with Crippen LogP contribution >= 0.6 is 0 Å². The van der Waals surface area contributed by atoms with Crippen LogP contribution in [-0.4, -0.2) is 102 Å². The van der Waals surface area contributed by atoms with E-state index in [1.165, 1.54) is 0 Å². The third kappa shape index (κ3) is 25.2. The minimum absolute atomic E-state index is 0.0273. The zero-order valence-corrected chi connectivity index (χ0v) is 16.3. The van der Waals surface area contributed by atoms with Crippen LogP contribution in [0.5, 0.6) is 0 Å². The van der Waals surface area contributed by atoms with Crippen molar-refractivity contribution in [2.45, 2.75) is 25.7 Å². The van der Waals surface area contributed by atoms with Crippen LogP contribution in [0.25, 0.3) is 0 Å². The van der Waals surface area contributed by atoms with Crippen molar-refractivity contribution in [2.24, 2.45) is 0 Å². The largest absolute Gasteiger partial charge is 0.481 e. The van der Waals surface area contributed by atoms with Crippen molar-refractivity contribution < 1.29 is 43.4 Å². The Morgan fingerprint density at radius 1 is 0.519 bits per heavy atom. The van der Waals surface area contributed by atoms with E-state index in [1.807, 2.05) is 0 Å². The van der Waals surface area contributed by atoms with Gasteiger partial charge in [-0.25, -0.2) is 0 Å². The molecule has 0 aliphatic carbocycles. The molecule has 0 unspecified atom stereocenters. The highest BCUT2D eigenvalue weighted by molar-refractivity contribution is 5.66. The first-order valence-corrected chi connectivity index (χ1v) is 9.56. The van der Waals surface area contributed by atoms with Gasteiger partial charge in [-0.3, -0.25) is 4.79 Å². The zero-order valence-electron chi connectivity index (χ0n) is 16.3. The monoisotopic (exact) mass is 396 g/mol. The Balaban J connectivity index is 2.98. The van der Waals surface area contributed by atoms with E-state index in [0.717, 1.165) is 12.8 Å². The average Bonchev–Trinajstić information content (AvgIpc) is 2.65. The van der Waals surface area contributed by atoms with Crippen LogP contribution in [0.3, 0.4) is 0 Å². The van der Waals surface area contributed by atoms with Crippen molar-refractivity contribution in [3.8, 4) is 0 Å². The molecule has 0 saturated heterocycles. The number of aliphatic hydroxyl groups excluding tert-OH is 1. The van der Waals surface area contributed by atoms with Crippen molar-refractivity contribution in [1.29, 1.82) is 0 Å². The molecule has 27 heavy (non-hydrogen) atoms. The van der Waals surface area contributed by atoms with Gasteiger partial charge in [0.1, 0.15) is 0 Å². The second-order valence-electron chi connectivity index (χ2n) is 5.60. The van der Waals surface area contributed by atoms with E-state index < -0.39 is 5.97 Å². The van der Waals surface area contributed by atoms with Crippen LogP contribution < -0.4 is 0 Å². The van der Waals surface area contributed by atoms with Gasteiger partial charge in [-0.15, -0.1) is 0 Å². The van der Waals surface area contributed by atoms with Crippen LogP contribution in [0.15, 0.2) is 0 Å². The number of carbonyl (C=O) groups is 1. The van der Waals surface area contributed by atoms with E-state index in [4.69, 9.17) is 38.6 Å². The Bertz CT molecular complexity index is 303. The standard InChI is InChI=1S/C18H36O9/c19-5-7-23-9-11-25-13-15-27-17-16-26-14-12-24-10-8-22-6-3-1-2-4-18(20)21/h19H,1-17H2,(H,20,21). The van der Waals surface area contributed by atoms with Gasteiger partial charge in [0, 0.05) is 13.0 Å². The Morgan fingerprint density at radius 3 is 1.26 bits per heavy atom. The number of unbranched alkanes of at least 4 members (excludes halogenated alkanes) is 2. The maximum absolute atomic E-state index is 10.3. The Hall–Kier alpha value is -0.810. The lowest BCUT2D eigenvalue weighted by atomic mass is 10.2. The summed E-state index contributed by atoms with van der Waals surface area (Å²) in [5, 5.41) is 17.0. The number of aliphatic carboxylic acids is 1. The van der Waals surface area contributed by atoms with Gasteiger partial charge in [-0.1, -0.05) is 6.42 Å². The minimum Gasteiger partial charge on any atom is -0.481 e. The molecule has 0 aromatic rings. The van der Waals surface area contributed by atoms with Gasteiger partial charge in [-0.05, 0) is 12.8 Å². The average molecular weight is 396 g/mol. The van der Waals surface area contributed by atoms with Crippen molar-refractivity contribution in [3.63, 3.8) is 0 Å². The summed E-state index contributed by atoms with van der Waals surface area (Å²) in [4.78, 5) is 10.3. The second kappa shape index (κ2) is 23.2. The summed E-state index contributed by atoms with van der Waals surface area (Å²) in [5.74, 6) is -0.746. The molecule has 162 valence electrons. The SMILES string of the molecule is O=C(O)CCCCCOCCOCCOCCOCCOCCOCCO. The van der Waals surface area contributed by atoms with Gasteiger partial charge in [-0.2, -0.15) is 0 Å². The van der Waals surface area contributed by atoms with Gasteiger partial charge < -0.3 is 38.6 Å². The molecule has 9 nitrogen and oxygen atoms in total. The summed E-state index contributed by atoms with van der Waals surface area (Å²) >= 11 is 0. The van der Waals surface area contributed by atoms with E-state index in [1.54, 1.807) is 0 Å². The number of carboxylic acids is 1. The fourth-order valence-corrected chi connectivity index (χ4v) is 1.92. The van der Waals surface area contributed by atoms with Crippen molar-refractivity contribution in [2.75, 3.05) is 85.9 Å². The lowest BCUT2D eigenvalue weighted by molar-refractivity contribution is -0.137. The molecule has 0 atom stereocenters. The molecule has 0 aliphatic heterocycles. The molecule has 0 radical (unpaired) electrons. The summed E-state index contributed by atoms with van der Waals surface area (Å²) in [5.41, 5.74) is 0. The molecule has 9 heteroatoms. The van der Waals surface area contributed by atoms with Crippen LogP contribution in [0, 0.1) is 0 Å². The van der Waals surface area contributed by atoms with Crippen molar-refractivity contribution in [3.05, 3.63) is 0 Å². The molecule has 0 aromatic carbocycles. The molecule has 0 aliphatic rings. The first kappa shape index (κ1) is 26.2. The van der Waals surface area contributed by atoms with Crippen LogP contribution in [0.1, 0.15) is 25.7 Å². The lowest BCUT2D eigenvalue weighted by Gasteiger charge is -2.08. The van der Waals surface area contributed by atoms with Crippen molar-refractivity contribution >= 4 is 5.97 Å². The molecule has 0 aromatic heterocycles. The maximum Gasteiger partial charge on any atom is 0.303 e. The summed E-state index contributed by atoms with van der Waals surface area (Å²) in [7, 11) is 0. The molecule has 0 heterocycles. The highest BCUT2D eigenvalue weighted by atomic mass is 16.6. The summed E-state index contributed by atoms with van der Waals surface area (Å²) in [6, 6.07) is 0. The van der Waals surface area contributed by atoms with E-state index in [2.05, 4.69) is 0 Å². The second-order valence-corrected chi connectivity index (χ2v) is 5.60. The van der Waals surface area contributed by atoms with Crippen molar-refractivity contribution in [1.82, 2.24) is 0 Å². The lowest BCUT2D eigenvalue weighted by Crippen LogP contribution is -2.14. The van der Waals surface area contributed by atoms with Gasteiger partial charge in [0.15, 0.2) is 0 Å². The predicted molar refractivity (Wildman–Crippen MR) is 98.1 cm³/mol. The third-order valence-corrected chi connectivity index (χ3v) is 3.27. The number of hydrogen-bond acceptors (Lipinski definition) is 8. The van der Waals surface area contributed by atoms with E-state index >= 15 is 0 Å². The number of rotatable bonds is 23. The summed E-state index contributed by atoms with van der Waals surface area (Å²) in [6.07, 6.45) is 2.67. The van der Waals surface area contributed by atoms with Crippen LogP contribution in [0.4, 0.5) is 0 Å². The van der Waals surface area contributed by atoms with Crippen LogP contribution in [0.2, 0.25) is 0 Å². The summed E-state index contributed by atoms with van der Waals surface area (Å²) < 4.78 is 31.8. The predicted octanol–water partition coefficient (Wildman–Crippen LogP) is 0.723. The quantitative estimate of drug-likeness (QED) is 0.241. The molecule has 0 rings (SSSR count). The van der Waals surface area contributed by atoms with Gasteiger partial charge >= 0.3 is 5.97 Å². The fourth-order valence-electron chi connectivity index (χ4n) is 1.92. The molecular weight excluding hydrogens is 360 g/mol. The minimum atomic E-state index is -0.746. The first-order valence-electron chi connectivity index (χ1n) is 9.56. The molecule has 0 saturated carbocycles. The topological polar surface area (TPSA) is 113 Å².